The van der Waals surface area contributed by atoms with Crippen molar-refractivity contribution in [2.75, 3.05) is 13.1 Å². The second-order valence-corrected chi connectivity index (χ2v) is 5.88. The summed E-state index contributed by atoms with van der Waals surface area (Å²) in [5, 5.41) is 14.7. The number of likely N-dealkylation sites (N-methyl/N-ethyl adjacent to an activating group) is 1. The number of benzene rings is 1. The minimum Gasteiger partial charge on any atom is -0.508 e. The molecule has 1 aromatic rings. The number of guanidine groups is 1. The van der Waals surface area contributed by atoms with Crippen molar-refractivity contribution in [3.63, 3.8) is 0 Å². The smallest absolute Gasteiger partial charge is 0.242 e. The second-order valence-electron chi connectivity index (χ2n) is 5.88. The molecule has 0 spiro atoms. The minimum absolute atomic E-state index is 0.0143. The van der Waals surface area contributed by atoms with Crippen molar-refractivity contribution in [1.82, 2.24) is 10.6 Å². The zero-order valence-electron chi connectivity index (χ0n) is 14.9. The van der Waals surface area contributed by atoms with Gasteiger partial charge in [-0.05, 0) is 43.9 Å². The quantitative estimate of drug-likeness (QED) is 0.175. The number of nitrogens with zero attached hydrogens (tertiary/aromatic N) is 1. The predicted octanol–water partition coefficient (Wildman–Crippen LogP) is -1.06. The number of hydrogen-bond donors (Lipinski definition) is 6. The molecule has 1 aromatic carbocycles. The molecule has 0 radical (unpaired) electrons. The number of aliphatic imine (C=N–C) groups is 1. The lowest BCUT2D eigenvalue weighted by Crippen LogP contribution is -2.52. The van der Waals surface area contributed by atoms with E-state index in [0.717, 1.165) is 5.56 Å². The molecule has 0 heterocycles. The number of nitrogens with two attached hydrogens (primary N) is 3. The number of rotatable bonds is 10. The van der Waals surface area contributed by atoms with Crippen LogP contribution in [0.2, 0.25) is 0 Å². The fraction of sp³-hybridized carbons (Fsp3) is 0.471. The first-order valence-electron chi connectivity index (χ1n) is 8.50. The van der Waals surface area contributed by atoms with E-state index in [1.165, 1.54) is 12.1 Å². The molecule has 9 N–H and O–H groups in total. The first-order valence-corrected chi connectivity index (χ1v) is 8.50. The van der Waals surface area contributed by atoms with E-state index in [4.69, 9.17) is 17.2 Å². The van der Waals surface area contributed by atoms with Gasteiger partial charge in [0.15, 0.2) is 5.96 Å². The zero-order valence-corrected chi connectivity index (χ0v) is 14.9. The molecule has 26 heavy (non-hydrogen) atoms. The molecule has 9 heteroatoms. The Hall–Kier alpha value is -2.81. The highest BCUT2D eigenvalue weighted by molar-refractivity contribution is 5.89. The average Bonchev–Trinajstić information content (AvgIpc) is 2.59. The third-order valence-electron chi connectivity index (χ3n) is 3.66. The van der Waals surface area contributed by atoms with Crippen LogP contribution in [-0.4, -0.2) is 48.1 Å². The molecule has 0 saturated heterocycles. The number of phenols is 1. The van der Waals surface area contributed by atoms with Gasteiger partial charge in [-0.15, -0.1) is 0 Å². The van der Waals surface area contributed by atoms with Crippen LogP contribution in [0.1, 0.15) is 25.3 Å². The molecular weight excluding hydrogens is 336 g/mol. The highest BCUT2D eigenvalue weighted by Crippen LogP contribution is 2.11. The fourth-order valence-corrected chi connectivity index (χ4v) is 2.33. The van der Waals surface area contributed by atoms with Gasteiger partial charge in [-0.2, -0.15) is 0 Å². The number of carbonyl (C=O) groups is 2. The standard InChI is InChI=1S/C17H28N6O3/c1-2-21-16(26)14(4-3-9-22-17(19)20)23-15(25)13(18)10-11-5-7-12(24)8-6-11/h5-8,13-14,24H,2-4,9-10,18H2,1H3,(H,21,26)(H,23,25)(H4,19,20,22). The summed E-state index contributed by atoms with van der Waals surface area (Å²) in [7, 11) is 0. The van der Waals surface area contributed by atoms with E-state index in [1.54, 1.807) is 19.1 Å². The van der Waals surface area contributed by atoms with Gasteiger partial charge < -0.3 is 32.9 Å². The summed E-state index contributed by atoms with van der Waals surface area (Å²) in [6, 6.07) is 4.93. The molecule has 144 valence electrons. The van der Waals surface area contributed by atoms with Crippen LogP contribution >= 0.6 is 0 Å². The molecule has 1 rings (SSSR count). The molecule has 0 fully saturated rings. The Kier molecular flexibility index (Phi) is 8.93. The third kappa shape index (κ3) is 7.84. The van der Waals surface area contributed by atoms with Crippen LogP contribution in [0.4, 0.5) is 0 Å². The SMILES string of the molecule is CCNC(=O)C(CCCN=C(N)N)NC(=O)C(N)Cc1ccc(O)cc1. The van der Waals surface area contributed by atoms with Gasteiger partial charge in [0, 0.05) is 13.1 Å². The zero-order chi connectivity index (χ0) is 19.5. The average molecular weight is 364 g/mol. The van der Waals surface area contributed by atoms with Gasteiger partial charge >= 0.3 is 0 Å². The molecule has 2 atom stereocenters. The summed E-state index contributed by atoms with van der Waals surface area (Å²) in [5.74, 6) is -0.568. The highest BCUT2D eigenvalue weighted by Gasteiger charge is 2.23. The topological polar surface area (TPSA) is 169 Å². The number of aromatic hydroxyl groups is 1. The first-order chi connectivity index (χ1) is 12.3. The van der Waals surface area contributed by atoms with E-state index < -0.39 is 18.0 Å². The molecule has 0 aliphatic rings. The number of phenolic OH excluding ortho intramolecular Hbond substituents is 1. The summed E-state index contributed by atoms with van der Waals surface area (Å²) < 4.78 is 0. The van der Waals surface area contributed by atoms with Crippen molar-refractivity contribution < 1.29 is 14.7 Å². The molecule has 0 aliphatic carbocycles. The molecule has 9 nitrogen and oxygen atoms in total. The molecule has 0 bridgehead atoms. The van der Waals surface area contributed by atoms with E-state index in [-0.39, 0.29) is 17.6 Å². The third-order valence-corrected chi connectivity index (χ3v) is 3.66. The number of carbonyl (C=O) groups excluding carboxylic acids is 2. The number of nitrogens with one attached hydrogen (secondary N) is 2. The van der Waals surface area contributed by atoms with E-state index in [2.05, 4.69) is 15.6 Å². The Morgan fingerprint density at radius 3 is 2.42 bits per heavy atom. The van der Waals surface area contributed by atoms with Gasteiger partial charge in [0.2, 0.25) is 11.8 Å². The lowest BCUT2D eigenvalue weighted by Gasteiger charge is -2.20. The highest BCUT2D eigenvalue weighted by atomic mass is 16.3. The Morgan fingerprint density at radius 1 is 1.19 bits per heavy atom. The number of hydrogen-bond acceptors (Lipinski definition) is 5. The van der Waals surface area contributed by atoms with Crippen LogP contribution in [0.3, 0.4) is 0 Å². The van der Waals surface area contributed by atoms with Crippen LogP contribution in [-0.2, 0) is 16.0 Å². The van der Waals surface area contributed by atoms with Crippen molar-refractivity contribution >= 4 is 17.8 Å². The van der Waals surface area contributed by atoms with Crippen LogP contribution in [0, 0.1) is 0 Å². The maximum Gasteiger partial charge on any atom is 0.242 e. The van der Waals surface area contributed by atoms with Gasteiger partial charge in [0.05, 0.1) is 6.04 Å². The normalized spacial score (nSPS) is 12.7. The van der Waals surface area contributed by atoms with Crippen molar-refractivity contribution in [2.24, 2.45) is 22.2 Å². The van der Waals surface area contributed by atoms with E-state index >= 15 is 0 Å². The van der Waals surface area contributed by atoms with Gasteiger partial charge in [-0.1, -0.05) is 12.1 Å². The fourth-order valence-electron chi connectivity index (χ4n) is 2.33. The summed E-state index contributed by atoms with van der Waals surface area (Å²) in [5.41, 5.74) is 17.3. The monoisotopic (exact) mass is 364 g/mol. The maximum atomic E-state index is 12.3. The largest absolute Gasteiger partial charge is 0.508 e. The van der Waals surface area contributed by atoms with Crippen LogP contribution in [0.25, 0.3) is 0 Å². The van der Waals surface area contributed by atoms with Crippen LogP contribution in [0.15, 0.2) is 29.3 Å². The molecule has 2 amide bonds. The van der Waals surface area contributed by atoms with Crippen LogP contribution in [0.5, 0.6) is 5.75 Å². The molecule has 0 aliphatic heterocycles. The lowest BCUT2D eigenvalue weighted by molar-refractivity contribution is -0.129. The Morgan fingerprint density at radius 2 is 1.85 bits per heavy atom. The maximum absolute atomic E-state index is 12.3. The van der Waals surface area contributed by atoms with Gasteiger partial charge in [-0.25, -0.2) is 0 Å². The van der Waals surface area contributed by atoms with Crippen LogP contribution < -0.4 is 27.8 Å². The summed E-state index contributed by atoms with van der Waals surface area (Å²) in [4.78, 5) is 28.3. The van der Waals surface area contributed by atoms with Gasteiger partial charge in [-0.3, -0.25) is 14.6 Å². The van der Waals surface area contributed by atoms with Crippen molar-refractivity contribution in [2.45, 2.75) is 38.3 Å². The second kappa shape index (κ2) is 10.9. The van der Waals surface area contributed by atoms with Gasteiger partial charge in [0.25, 0.3) is 0 Å². The summed E-state index contributed by atoms with van der Waals surface area (Å²) >= 11 is 0. The van der Waals surface area contributed by atoms with Gasteiger partial charge in [0.1, 0.15) is 11.8 Å². The van der Waals surface area contributed by atoms with Crippen molar-refractivity contribution in [1.29, 1.82) is 0 Å². The first kappa shape index (κ1) is 21.2. The minimum atomic E-state index is -0.811. The Labute approximate surface area is 153 Å². The van der Waals surface area contributed by atoms with Crippen molar-refractivity contribution in [3.05, 3.63) is 29.8 Å². The molecule has 0 aromatic heterocycles. The lowest BCUT2D eigenvalue weighted by atomic mass is 10.0. The Bertz CT molecular complexity index is 613. The summed E-state index contributed by atoms with van der Waals surface area (Å²) in [6.45, 7) is 2.62. The van der Waals surface area contributed by atoms with E-state index in [0.29, 0.717) is 32.4 Å². The molecule has 2 unspecified atom stereocenters. The summed E-state index contributed by atoms with van der Waals surface area (Å²) in [6.07, 6.45) is 1.22. The molecule has 0 saturated carbocycles. The molecular formula is C17H28N6O3. The number of amides is 2. The van der Waals surface area contributed by atoms with E-state index in [1.807, 2.05) is 0 Å². The van der Waals surface area contributed by atoms with E-state index in [9.17, 15) is 14.7 Å². The Balaban J connectivity index is 2.62. The van der Waals surface area contributed by atoms with Crippen molar-refractivity contribution in [3.8, 4) is 5.75 Å². The predicted molar refractivity (Wildman–Crippen MR) is 100 cm³/mol.